The van der Waals surface area contributed by atoms with E-state index in [9.17, 15) is 9.59 Å². The zero-order valence-electron chi connectivity index (χ0n) is 17.0. The maximum Gasteiger partial charge on any atom is 0.246 e. The number of hydrogen-bond donors (Lipinski definition) is 0. The second kappa shape index (κ2) is 9.03. The summed E-state index contributed by atoms with van der Waals surface area (Å²) in [5.41, 5.74) is 1.50. The van der Waals surface area contributed by atoms with E-state index in [-0.39, 0.29) is 17.6 Å². The van der Waals surface area contributed by atoms with Crippen LogP contribution < -0.4 is 14.2 Å². The van der Waals surface area contributed by atoms with Crippen LogP contribution in [0.25, 0.3) is 6.08 Å². The SMILES string of the molecule is COc1ccccc1C=CC(=O)N1CCC(C(=O)c2ccc3c(c2)OCCO3)CC1. The predicted octanol–water partition coefficient (Wildman–Crippen LogP) is 3.60. The van der Waals surface area contributed by atoms with Crippen molar-refractivity contribution in [2.75, 3.05) is 33.4 Å². The van der Waals surface area contributed by atoms with Crippen molar-refractivity contribution in [2.24, 2.45) is 5.92 Å². The maximum atomic E-state index is 12.9. The molecule has 30 heavy (non-hydrogen) atoms. The normalized spacial score (nSPS) is 16.5. The van der Waals surface area contributed by atoms with E-state index in [1.165, 1.54) is 0 Å². The van der Waals surface area contributed by atoms with Crippen molar-refractivity contribution < 1.29 is 23.8 Å². The van der Waals surface area contributed by atoms with E-state index in [0.717, 1.165) is 11.3 Å². The van der Waals surface area contributed by atoms with Crippen LogP contribution in [0.1, 0.15) is 28.8 Å². The fourth-order valence-electron chi connectivity index (χ4n) is 3.86. The third-order valence-electron chi connectivity index (χ3n) is 5.55. The molecule has 1 saturated heterocycles. The molecule has 2 aliphatic heterocycles. The zero-order chi connectivity index (χ0) is 20.9. The number of amides is 1. The summed E-state index contributed by atoms with van der Waals surface area (Å²) in [6.45, 7) is 2.15. The van der Waals surface area contributed by atoms with Gasteiger partial charge in [-0.15, -0.1) is 0 Å². The van der Waals surface area contributed by atoms with Crippen LogP contribution in [0.4, 0.5) is 0 Å². The average molecular weight is 407 g/mol. The highest BCUT2D eigenvalue weighted by molar-refractivity contribution is 5.99. The smallest absolute Gasteiger partial charge is 0.246 e. The molecule has 0 spiro atoms. The molecule has 0 atom stereocenters. The van der Waals surface area contributed by atoms with E-state index < -0.39 is 0 Å². The van der Waals surface area contributed by atoms with Crippen molar-refractivity contribution in [1.82, 2.24) is 4.90 Å². The Morgan fingerprint density at radius 3 is 2.53 bits per heavy atom. The first-order valence-electron chi connectivity index (χ1n) is 10.2. The molecule has 0 aromatic heterocycles. The molecule has 0 N–H and O–H groups in total. The molecule has 6 nitrogen and oxygen atoms in total. The fraction of sp³-hybridized carbons (Fsp3) is 0.333. The van der Waals surface area contributed by atoms with Crippen LogP contribution in [-0.2, 0) is 4.79 Å². The van der Waals surface area contributed by atoms with Crippen molar-refractivity contribution in [3.05, 3.63) is 59.7 Å². The predicted molar refractivity (Wildman–Crippen MR) is 113 cm³/mol. The molecule has 2 aromatic carbocycles. The van der Waals surface area contributed by atoms with Gasteiger partial charge in [0.25, 0.3) is 0 Å². The average Bonchev–Trinajstić information content (AvgIpc) is 2.82. The first-order valence-corrected chi connectivity index (χ1v) is 10.2. The minimum Gasteiger partial charge on any atom is -0.496 e. The lowest BCUT2D eigenvalue weighted by Crippen LogP contribution is -2.39. The van der Waals surface area contributed by atoms with Gasteiger partial charge in [0.1, 0.15) is 19.0 Å². The number of likely N-dealkylation sites (tertiary alicyclic amines) is 1. The highest BCUT2D eigenvalue weighted by Crippen LogP contribution is 2.32. The number of hydrogen-bond acceptors (Lipinski definition) is 5. The minimum atomic E-state index is -0.0881. The molecule has 0 radical (unpaired) electrons. The number of para-hydroxylation sites is 1. The second-order valence-corrected chi connectivity index (χ2v) is 7.40. The van der Waals surface area contributed by atoms with E-state index >= 15 is 0 Å². The quantitative estimate of drug-likeness (QED) is 0.560. The lowest BCUT2D eigenvalue weighted by Gasteiger charge is -2.30. The highest BCUT2D eigenvalue weighted by atomic mass is 16.6. The summed E-state index contributed by atoms with van der Waals surface area (Å²) in [6.07, 6.45) is 4.65. The Balaban J connectivity index is 1.35. The van der Waals surface area contributed by atoms with E-state index in [4.69, 9.17) is 14.2 Å². The molecule has 2 aliphatic rings. The van der Waals surface area contributed by atoms with Crippen molar-refractivity contribution in [2.45, 2.75) is 12.8 Å². The van der Waals surface area contributed by atoms with Gasteiger partial charge in [-0.05, 0) is 43.2 Å². The number of methoxy groups -OCH3 is 1. The van der Waals surface area contributed by atoms with Crippen LogP contribution in [0, 0.1) is 5.92 Å². The summed E-state index contributed by atoms with van der Waals surface area (Å²) in [6, 6.07) is 12.9. The number of fused-ring (bicyclic) bond motifs is 1. The van der Waals surface area contributed by atoms with E-state index in [1.807, 2.05) is 24.3 Å². The van der Waals surface area contributed by atoms with E-state index in [1.54, 1.807) is 42.4 Å². The minimum absolute atomic E-state index is 0.0499. The molecular weight excluding hydrogens is 382 g/mol. The Bertz CT molecular complexity index is 960. The Morgan fingerprint density at radius 1 is 1.03 bits per heavy atom. The molecular formula is C24H25NO5. The van der Waals surface area contributed by atoms with Crippen LogP contribution in [0.5, 0.6) is 17.2 Å². The van der Waals surface area contributed by atoms with Crippen LogP contribution in [-0.4, -0.2) is 50.0 Å². The summed E-state index contributed by atoms with van der Waals surface area (Å²) < 4.78 is 16.4. The Hall–Kier alpha value is -3.28. The summed E-state index contributed by atoms with van der Waals surface area (Å²) in [7, 11) is 1.61. The standard InChI is InChI=1S/C24H25NO5/c1-28-20-5-3-2-4-17(20)7-9-23(26)25-12-10-18(11-13-25)24(27)19-6-8-21-22(16-19)30-15-14-29-21/h2-9,16,18H,10-15H2,1H3. The number of rotatable bonds is 5. The topological polar surface area (TPSA) is 65.1 Å². The van der Waals surface area contributed by atoms with Crippen molar-refractivity contribution in [1.29, 1.82) is 0 Å². The van der Waals surface area contributed by atoms with Crippen LogP contribution in [0.2, 0.25) is 0 Å². The summed E-state index contributed by atoms with van der Waals surface area (Å²) in [4.78, 5) is 27.3. The third kappa shape index (κ3) is 4.32. The number of carbonyl (C=O) groups excluding carboxylic acids is 2. The van der Waals surface area contributed by atoms with Crippen LogP contribution >= 0.6 is 0 Å². The lowest BCUT2D eigenvalue weighted by atomic mass is 9.88. The van der Waals surface area contributed by atoms with Gasteiger partial charge >= 0.3 is 0 Å². The fourth-order valence-corrected chi connectivity index (χ4v) is 3.86. The number of Topliss-reactive ketones (excluding diaryl/α,β-unsaturated/α-hetero) is 1. The first-order chi connectivity index (χ1) is 14.7. The van der Waals surface area contributed by atoms with Gasteiger partial charge in [0.2, 0.25) is 5.91 Å². The molecule has 0 aliphatic carbocycles. The lowest BCUT2D eigenvalue weighted by molar-refractivity contribution is -0.127. The summed E-state index contributed by atoms with van der Waals surface area (Å²) >= 11 is 0. The number of benzene rings is 2. The zero-order valence-corrected chi connectivity index (χ0v) is 17.0. The highest BCUT2D eigenvalue weighted by Gasteiger charge is 2.28. The van der Waals surface area contributed by atoms with Gasteiger partial charge in [0, 0.05) is 36.2 Å². The van der Waals surface area contributed by atoms with Crippen LogP contribution in [0.3, 0.4) is 0 Å². The number of ketones is 1. The number of ether oxygens (including phenoxy) is 3. The Labute approximate surface area is 176 Å². The number of nitrogens with zero attached hydrogens (tertiary/aromatic N) is 1. The van der Waals surface area contributed by atoms with Gasteiger partial charge in [-0.1, -0.05) is 18.2 Å². The van der Waals surface area contributed by atoms with E-state index in [0.29, 0.717) is 56.2 Å². The van der Waals surface area contributed by atoms with E-state index in [2.05, 4.69) is 0 Å². The van der Waals surface area contributed by atoms with Gasteiger partial charge in [-0.2, -0.15) is 0 Å². The van der Waals surface area contributed by atoms with Crippen LogP contribution in [0.15, 0.2) is 48.5 Å². The van der Waals surface area contributed by atoms with Crippen molar-refractivity contribution in [3.8, 4) is 17.2 Å². The Kier molecular flexibility index (Phi) is 6.02. The van der Waals surface area contributed by atoms with Gasteiger partial charge in [0.05, 0.1) is 7.11 Å². The largest absolute Gasteiger partial charge is 0.496 e. The van der Waals surface area contributed by atoms with Gasteiger partial charge in [-0.25, -0.2) is 0 Å². The first kappa shape index (κ1) is 20.0. The molecule has 1 fully saturated rings. The molecule has 2 aromatic rings. The van der Waals surface area contributed by atoms with Crippen molar-refractivity contribution >= 4 is 17.8 Å². The third-order valence-corrected chi connectivity index (χ3v) is 5.55. The molecule has 0 bridgehead atoms. The summed E-state index contributed by atoms with van der Waals surface area (Å²) in [5.74, 6) is 2.00. The molecule has 1 amide bonds. The maximum absolute atomic E-state index is 12.9. The van der Waals surface area contributed by atoms with Gasteiger partial charge < -0.3 is 19.1 Å². The number of piperidine rings is 1. The molecule has 4 rings (SSSR count). The number of carbonyl (C=O) groups is 2. The Morgan fingerprint density at radius 2 is 1.77 bits per heavy atom. The molecule has 156 valence electrons. The molecule has 6 heteroatoms. The monoisotopic (exact) mass is 407 g/mol. The van der Waals surface area contributed by atoms with Crippen molar-refractivity contribution in [3.63, 3.8) is 0 Å². The molecule has 0 saturated carbocycles. The van der Waals surface area contributed by atoms with Gasteiger partial charge in [0.15, 0.2) is 17.3 Å². The molecule has 2 heterocycles. The molecule has 0 unspecified atom stereocenters. The van der Waals surface area contributed by atoms with Gasteiger partial charge in [-0.3, -0.25) is 9.59 Å². The second-order valence-electron chi connectivity index (χ2n) is 7.40. The summed E-state index contributed by atoms with van der Waals surface area (Å²) in [5, 5.41) is 0.